The van der Waals surface area contributed by atoms with E-state index in [4.69, 9.17) is 0 Å². The first-order valence-electron chi connectivity index (χ1n) is 9.43. The molecule has 3 rings (SSSR count). The Morgan fingerprint density at radius 2 is 2.07 bits per heavy atom. The molecule has 0 atom stereocenters. The first-order chi connectivity index (χ1) is 13.5. The molecule has 0 saturated carbocycles. The van der Waals surface area contributed by atoms with Crippen molar-refractivity contribution in [1.82, 2.24) is 24.5 Å². The van der Waals surface area contributed by atoms with Gasteiger partial charge in [0.25, 0.3) is 0 Å². The van der Waals surface area contributed by atoms with E-state index < -0.39 is 5.82 Å². The van der Waals surface area contributed by atoms with Crippen molar-refractivity contribution in [2.45, 2.75) is 39.5 Å². The number of aromatic nitrogens is 4. The molecule has 1 aromatic carbocycles. The standard InChI is InChI=1S/C20H24FN5O2/c1-14(2)9-10-22-18(27)8-4-7-17-23-24-19-20(28)25(11-12-26(17)19)16-6-3-5-15(21)13-16/h3,5-6,11-14H,4,7-10H2,1-2H3,(H,22,27). The maximum atomic E-state index is 13.4. The summed E-state index contributed by atoms with van der Waals surface area (Å²) in [5.74, 6) is 0.772. The van der Waals surface area contributed by atoms with Crippen LogP contribution in [0.2, 0.25) is 0 Å². The molecular formula is C20H24FN5O2. The van der Waals surface area contributed by atoms with Crippen molar-refractivity contribution in [3.05, 3.63) is 58.7 Å². The summed E-state index contributed by atoms with van der Waals surface area (Å²) < 4.78 is 16.4. The van der Waals surface area contributed by atoms with Crippen LogP contribution in [-0.4, -0.2) is 31.6 Å². The number of carbonyl (C=O) groups is 1. The van der Waals surface area contributed by atoms with E-state index >= 15 is 0 Å². The normalized spacial score (nSPS) is 11.3. The van der Waals surface area contributed by atoms with Gasteiger partial charge in [-0.3, -0.25) is 18.6 Å². The molecular weight excluding hydrogens is 361 g/mol. The summed E-state index contributed by atoms with van der Waals surface area (Å²) in [7, 11) is 0. The van der Waals surface area contributed by atoms with Gasteiger partial charge in [-0.15, -0.1) is 10.2 Å². The molecule has 7 nitrogen and oxygen atoms in total. The summed E-state index contributed by atoms with van der Waals surface area (Å²) in [5, 5.41) is 11.0. The van der Waals surface area contributed by atoms with Crippen molar-refractivity contribution in [3.63, 3.8) is 0 Å². The van der Waals surface area contributed by atoms with Gasteiger partial charge >= 0.3 is 5.56 Å². The zero-order valence-electron chi connectivity index (χ0n) is 16.1. The van der Waals surface area contributed by atoms with Crippen LogP contribution in [0.1, 0.15) is 38.9 Å². The van der Waals surface area contributed by atoms with E-state index in [1.807, 2.05) is 0 Å². The number of rotatable bonds is 8. The van der Waals surface area contributed by atoms with Crippen LogP contribution in [0.5, 0.6) is 0 Å². The Bertz CT molecular complexity index is 1020. The van der Waals surface area contributed by atoms with E-state index in [0.717, 1.165) is 6.42 Å². The minimum absolute atomic E-state index is 0.0166. The number of hydrogen-bond donors (Lipinski definition) is 1. The minimum atomic E-state index is -0.418. The van der Waals surface area contributed by atoms with Gasteiger partial charge in [0.15, 0.2) is 0 Å². The number of amides is 1. The molecule has 2 heterocycles. The van der Waals surface area contributed by atoms with Gasteiger partial charge in [0, 0.05) is 31.8 Å². The van der Waals surface area contributed by atoms with Gasteiger partial charge < -0.3 is 5.32 Å². The highest BCUT2D eigenvalue weighted by Crippen LogP contribution is 2.10. The fourth-order valence-corrected chi connectivity index (χ4v) is 2.93. The number of fused-ring (bicyclic) bond motifs is 1. The average molecular weight is 385 g/mol. The zero-order chi connectivity index (χ0) is 20.1. The van der Waals surface area contributed by atoms with Crippen LogP contribution in [0.3, 0.4) is 0 Å². The van der Waals surface area contributed by atoms with Gasteiger partial charge in [0.05, 0.1) is 5.69 Å². The van der Waals surface area contributed by atoms with Crippen molar-refractivity contribution in [2.24, 2.45) is 5.92 Å². The molecule has 1 N–H and O–H groups in total. The van der Waals surface area contributed by atoms with Crippen molar-refractivity contribution in [2.75, 3.05) is 6.54 Å². The quantitative estimate of drug-likeness (QED) is 0.646. The molecule has 0 fully saturated rings. The SMILES string of the molecule is CC(C)CCNC(=O)CCCc1nnc2c(=O)n(-c3cccc(F)c3)ccn12. The van der Waals surface area contributed by atoms with E-state index in [1.54, 1.807) is 28.9 Å². The molecule has 148 valence electrons. The lowest BCUT2D eigenvalue weighted by Gasteiger charge is -2.07. The summed E-state index contributed by atoms with van der Waals surface area (Å²) in [6.07, 6.45) is 5.74. The number of hydrogen-bond acceptors (Lipinski definition) is 4. The molecule has 8 heteroatoms. The molecule has 0 spiro atoms. The number of halogens is 1. The summed E-state index contributed by atoms with van der Waals surface area (Å²) in [5.41, 5.74) is 0.219. The van der Waals surface area contributed by atoms with Gasteiger partial charge in [0.1, 0.15) is 11.6 Å². The summed E-state index contributed by atoms with van der Waals surface area (Å²) in [4.78, 5) is 24.5. The zero-order valence-corrected chi connectivity index (χ0v) is 16.1. The van der Waals surface area contributed by atoms with Crippen LogP contribution in [0.25, 0.3) is 11.3 Å². The Labute approximate surface area is 162 Å². The third-order valence-corrected chi connectivity index (χ3v) is 4.48. The fraction of sp³-hybridized carbons (Fsp3) is 0.400. The van der Waals surface area contributed by atoms with E-state index in [-0.39, 0.29) is 17.1 Å². The van der Waals surface area contributed by atoms with Gasteiger partial charge in [-0.25, -0.2) is 4.39 Å². The minimum Gasteiger partial charge on any atom is -0.356 e. The fourth-order valence-electron chi connectivity index (χ4n) is 2.93. The molecule has 0 saturated heterocycles. The van der Waals surface area contributed by atoms with Crippen LogP contribution in [0.15, 0.2) is 41.5 Å². The highest BCUT2D eigenvalue weighted by atomic mass is 19.1. The summed E-state index contributed by atoms with van der Waals surface area (Å²) >= 11 is 0. The van der Waals surface area contributed by atoms with Crippen molar-refractivity contribution in [1.29, 1.82) is 0 Å². The highest BCUT2D eigenvalue weighted by Gasteiger charge is 2.12. The third-order valence-electron chi connectivity index (χ3n) is 4.48. The molecule has 2 aromatic heterocycles. The largest absolute Gasteiger partial charge is 0.356 e. The Hall–Kier alpha value is -3.03. The van der Waals surface area contributed by atoms with Gasteiger partial charge in [0.2, 0.25) is 11.6 Å². The van der Waals surface area contributed by atoms with Crippen molar-refractivity contribution >= 4 is 11.6 Å². The molecule has 0 unspecified atom stereocenters. The van der Waals surface area contributed by atoms with Gasteiger partial charge in [-0.05, 0) is 37.0 Å². The number of aryl methyl sites for hydroxylation is 1. The smallest absolute Gasteiger partial charge is 0.300 e. The monoisotopic (exact) mass is 385 g/mol. The molecule has 0 bridgehead atoms. The van der Waals surface area contributed by atoms with Crippen molar-refractivity contribution < 1.29 is 9.18 Å². The van der Waals surface area contributed by atoms with E-state index in [2.05, 4.69) is 29.4 Å². The highest BCUT2D eigenvalue weighted by molar-refractivity contribution is 5.75. The Balaban J connectivity index is 1.67. The van der Waals surface area contributed by atoms with Crippen LogP contribution < -0.4 is 10.9 Å². The lowest BCUT2D eigenvalue weighted by molar-refractivity contribution is -0.121. The van der Waals surface area contributed by atoms with Crippen LogP contribution in [0.4, 0.5) is 4.39 Å². The molecule has 0 aliphatic carbocycles. The lowest BCUT2D eigenvalue weighted by atomic mass is 10.1. The molecule has 1 amide bonds. The predicted octanol–water partition coefficient (Wildman–Crippen LogP) is 2.50. The summed E-state index contributed by atoms with van der Waals surface area (Å²) in [6.45, 7) is 4.92. The van der Waals surface area contributed by atoms with Gasteiger partial charge in [-0.2, -0.15) is 0 Å². The number of nitrogens with zero attached hydrogens (tertiary/aromatic N) is 4. The topological polar surface area (TPSA) is 81.3 Å². The Morgan fingerprint density at radius 3 is 2.82 bits per heavy atom. The van der Waals surface area contributed by atoms with Crippen molar-refractivity contribution in [3.8, 4) is 5.69 Å². The summed E-state index contributed by atoms with van der Waals surface area (Å²) in [6, 6.07) is 5.80. The third kappa shape index (κ3) is 4.62. The van der Waals surface area contributed by atoms with Crippen LogP contribution in [0, 0.1) is 11.7 Å². The maximum absolute atomic E-state index is 13.4. The molecule has 0 aliphatic heterocycles. The number of benzene rings is 1. The van der Waals surface area contributed by atoms with Gasteiger partial charge in [-0.1, -0.05) is 19.9 Å². The van der Waals surface area contributed by atoms with Crippen LogP contribution >= 0.6 is 0 Å². The molecule has 28 heavy (non-hydrogen) atoms. The molecule has 0 aliphatic rings. The second-order valence-electron chi connectivity index (χ2n) is 7.15. The van der Waals surface area contributed by atoms with E-state index in [1.165, 1.54) is 16.7 Å². The number of nitrogens with one attached hydrogen (secondary N) is 1. The number of carbonyl (C=O) groups excluding carboxylic acids is 1. The van der Waals surface area contributed by atoms with Crippen LogP contribution in [-0.2, 0) is 11.2 Å². The van der Waals surface area contributed by atoms with E-state index in [0.29, 0.717) is 43.2 Å². The molecule has 0 radical (unpaired) electrons. The first-order valence-corrected chi connectivity index (χ1v) is 9.43. The predicted molar refractivity (Wildman–Crippen MR) is 104 cm³/mol. The Kier molecular flexibility index (Phi) is 6.18. The Morgan fingerprint density at radius 1 is 1.25 bits per heavy atom. The maximum Gasteiger partial charge on any atom is 0.300 e. The lowest BCUT2D eigenvalue weighted by Crippen LogP contribution is -2.25. The van der Waals surface area contributed by atoms with E-state index in [9.17, 15) is 14.0 Å². The second-order valence-corrected chi connectivity index (χ2v) is 7.15. The molecule has 3 aromatic rings. The first kappa shape index (κ1) is 19.7. The second kappa shape index (κ2) is 8.77. The average Bonchev–Trinajstić information content (AvgIpc) is 3.06.